The highest BCUT2D eigenvalue weighted by Gasteiger charge is 2.38. The van der Waals surface area contributed by atoms with Gasteiger partial charge in [0.1, 0.15) is 18.5 Å². The molecular weight excluding hydrogens is 460 g/mol. The molecule has 1 aromatic carbocycles. The Balaban J connectivity index is 1.46. The summed E-state index contributed by atoms with van der Waals surface area (Å²) in [7, 11) is 1.41. The first-order chi connectivity index (χ1) is 17.1. The second-order valence-electron chi connectivity index (χ2n) is 9.21. The van der Waals surface area contributed by atoms with Gasteiger partial charge < -0.3 is 14.2 Å². The Hall–Kier alpha value is -1.93. The Morgan fingerprint density at radius 2 is 1.77 bits per heavy atom. The third kappa shape index (κ3) is 9.22. The first kappa shape index (κ1) is 27.7. The normalized spacial score (nSPS) is 18.3. The van der Waals surface area contributed by atoms with Gasteiger partial charge in [0.15, 0.2) is 0 Å². The van der Waals surface area contributed by atoms with Gasteiger partial charge in [-0.25, -0.2) is 4.79 Å². The van der Waals surface area contributed by atoms with Gasteiger partial charge in [0, 0.05) is 29.4 Å². The van der Waals surface area contributed by atoms with E-state index in [0.29, 0.717) is 13.2 Å². The standard InChI is InChI=1S/C28H42N2O4S/c1-4-6-17-29(18-7-5-2)21-26-16-15-25(35-26)14-11-19-30-20-24(34-27(30)28(31)32-3)22-33-23-12-9-8-10-13-23/h8-10,12-13,15-16,24,27H,4-7,11,14,17-22H2,1-3H3. The molecule has 3 rings (SSSR count). The molecule has 0 N–H and O–H groups in total. The van der Waals surface area contributed by atoms with E-state index in [9.17, 15) is 4.79 Å². The van der Waals surface area contributed by atoms with E-state index in [-0.39, 0.29) is 12.1 Å². The molecule has 6 nitrogen and oxygen atoms in total. The van der Waals surface area contributed by atoms with Crippen LogP contribution in [-0.2, 0) is 27.2 Å². The zero-order chi connectivity index (χ0) is 24.9. The number of para-hydroxylation sites is 1. The number of methoxy groups -OCH3 is 1. The van der Waals surface area contributed by atoms with Crippen LogP contribution in [0.4, 0.5) is 0 Å². The van der Waals surface area contributed by atoms with E-state index in [1.165, 1.54) is 55.6 Å². The number of benzene rings is 1. The molecule has 35 heavy (non-hydrogen) atoms. The van der Waals surface area contributed by atoms with Gasteiger partial charge in [-0.15, -0.1) is 11.3 Å². The number of unbranched alkanes of at least 4 members (excludes halogenated alkanes) is 2. The molecule has 1 aliphatic rings. The minimum atomic E-state index is -0.658. The highest BCUT2D eigenvalue weighted by molar-refractivity contribution is 7.11. The second kappa shape index (κ2) is 15.2. The van der Waals surface area contributed by atoms with Crippen LogP contribution in [0.15, 0.2) is 42.5 Å². The molecule has 2 heterocycles. The number of thiophene rings is 1. The quantitative estimate of drug-likeness (QED) is 0.288. The monoisotopic (exact) mass is 502 g/mol. The molecule has 7 heteroatoms. The molecule has 1 aromatic heterocycles. The van der Waals surface area contributed by atoms with Gasteiger partial charge in [-0.3, -0.25) is 9.80 Å². The first-order valence-corrected chi connectivity index (χ1v) is 13.9. The predicted molar refractivity (Wildman–Crippen MR) is 142 cm³/mol. The molecular formula is C28H42N2O4S. The summed E-state index contributed by atoms with van der Waals surface area (Å²) in [5.41, 5.74) is 0. The number of ether oxygens (including phenoxy) is 3. The van der Waals surface area contributed by atoms with Gasteiger partial charge in [-0.2, -0.15) is 0 Å². The summed E-state index contributed by atoms with van der Waals surface area (Å²) in [6.45, 7) is 9.80. The van der Waals surface area contributed by atoms with E-state index in [2.05, 4.69) is 35.8 Å². The van der Waals surface area contributed by atoms with E-state index in [0.717, 1.165) is 31.7 Å². The van der Waals surface area contributed by atoms with Crippen molar-refractivity contribution in [2.45, 2.75) is 71.2 Å². The van der Waals surface area contributed by atoms with E-state index in [1.807, 2.05) is 41.7 Å². The van der Waals surface area contributed by atoms with Crippen LogP contribution in [0.1, 0.15) is 55.7 Å². The van der Waals surface area contributed by atoms with Crippen LogP contribution in [0.5, 0.6) is 5.75 Å². The third-order valence-corrected chi connectivity index (χ3v) is 7.42. The number of hydrogen-bond acceptors (Lipinski definition) is 7. The fourth-order valence-electron chi connectivity index (χ4n) is 4.33. The van der Waals surface area contributed by atoms with Crippen molar-refractivity contribution in [1.82, 2.24) is 9.80 Å². The number of aryl methyl sites for hydroxylation is 1. The molecule has 0 saturated carbocycles. The smallest absolute Gasteiger partial charge is 0.350 e. The lowest BCUT2D eigenvalue weighted by atomic mass is 10.2. The minimum absolute atomic E-state index is 0.162. The van der Waals surface area contributed by atoms with Gasteiger partial charge in [0.05, 0.1) is 7.11 Å². The zero-order valence-electron chi connectivity index (χ0n) is 21.6. The molecule has 0 bridgehead atoms. The molecule has 0 amide bonds. The summed E-state index contributed by atoms with van der Waals surface area (Å²) < 4.78 is 16.8. The van der Waals surface area contributed by atoms with Crippen LogP contribution in [0.3, 0.4) is 0 Å². The molecule has 0 spiro atoms. The van der Waals surface area contributed by atoms with Crippen molar-refractivity contribution in [1.29, 1.82) is 0 Å². The van der Waals surface area contributed by atoms with Crippen LogP contribution in [-0.4, -0.2) is 68.0 Å². The Bertz CT molecular complexity index is 852. The average molecular weight is 503 g/mol. The molecule has 1 saturated heterocycles. The summed E-state index contributed by atoms with van der Waals surface area (Å²) in [5.74, 6) is 0.463. The maximum atomic E-state index is 12.3. The number of nitrogens with zero attached hydrogens (tertiary/aromatic N) is 2. The van der Waals surface area contributed by atoms with Crippen molar-refractivity contribution in [2.24, 2.45) is 0 Å². The Kier molecular flexibility index (Phi) is 12.0. The van der Waals surface area contributed by atoms with Crippen LogP contribution >= 0.6 is 11.3 Å². The third-order valence-electron chi connectivity index (χ3n) is 6.29. The predicted octanol–water partition coefficient (Wildman–Crippen LogP) is 5.36. The van der Waals surface area contributed by atoms with Gasteiger partial charge >= 0.3 is 5.97 Å². The average Bonchev–Trinajstić information content (AvgIpc) is 3.51. The van der Waals surface area contributed by atoms with Crippen LogP contribution in [0.25, 0.3) is 0 Å². The first-order valence-electron chi connectivity index (χ1n) is 13.1. The summed E-state index contributed by atoms with van der Waals surface area (Å²) >= 11 is 1.93. The van der Waals surface area contributed by atoms with Crippen LogP contribution < -0.4 is 4.74 Å². The van der Waals surface area contributed by atoms with Crippen molar-refractivity contribution < 1.29 is 19.0 Å². The Morgan fingerprint density at radius 3 is 2.46 bits per heavy atom. The van der Waals surface area contributed by atoms with Gasteiger partial charge in [-0.05, 0) is 63.0 Å². The van der Waals surface area contributed by atoms with Crippen molar-refractivity contribution in [3.63, 3.8) is 0 Å². The second-order valence-corrected chi connectivity index (χ2v) is 10.5. The fourth-order valence-corrected chi connectivity index (χ4v) is 5.43. The number of rotatable bonds is 16. The summed E-state index contributed by atoms with van der Waals surface area (Å²) in [6, 6.07) is 14.2. The molecule has 2 atom stereocenters. The van der Waals surface area contributed by atoms with Gasteiger partial charge in [-0.1, -0.05) is 44.9 Å². The molecule has 194 valence electrons. The lowest BCUT2D eigenvalue weighted by Crippen LogP contribution is -2.38. The van der Waals surface area contributed by atoms with E-state index < -0.39 is 6.23 Å². The van der Waals surface area contributed by atoms with E-state index in [4.69, 9.17) is 14.2 Å². The highest BCUT2D eigenvalue weighted by Crippen LogP contribution is 2.23. The van der Waals surface area contributed by atoms with E-state index >= 15 is 0 Å². The molecule has 2 unspecified atom stereocenters. The summed E-state index contributed by atoms with van der Waals surface area (Å²) in [5, 5.41) is 0. The highest BCUT2D eigenvalue weighted by atomic mass is 32.1. The molecule has 0 aliphatic carbocycles. The Labute approximate surface area is 215 Å². The van der Waals surface area contributed by atoms with Crippen molar-refractivity contribution in [3.8, 4) is 5.75 Å². The SMILES string of the molecule is CCCCN(CCCC)Cc1ccc(CCCN2CC(COc3ccccc3)OC2C(=O)OC)s1. The lowest BCUT2D eigenvalue weighted by molar-refractivity contribution is -0.161. The maximum Gasteiger partial charge on any atom is 0.350 e. The minimum Gasteiger partial charge on any atom is -0.491 e. The molecule has 1 fully saturated rings. The topological polar surface area (TPSA) is 51.2 Å². The summed E-state index contributed by atoms with van der Waals surface area (Å²) in [6.07, 6.45) is 6.16. The molecule has 2 aromatic rings. The molecule has 1 aliphatic heterocycles. The van der Waals surface area contributed by atoms with Crippen LogP contribution in [0.2, 0.25) is 0 Å². The largest absolute Gasteiger partial charge is 0.491 e. The Morgan fingerprint density at radius 1 is 1.06 bits per heavy atom. The number of esters is 1. The zero-order valence-corrected chi connectivity index (χ0v) is 22.4. The van der Waals surface area contributed by atoms with E-state index in [1.54, 1.807) is 0 Å². The van der Waals surface area contributed by atoms with Gasteiger partial charge in [0.25, 0.3) is 0 Å². The maximum absolute atomic E-state index is 12.3. The van der Waals surface area contributed by atoms with Crippen molar-refractivity contribution in [3.05, 3.63) is 52.2 Å². The molecule has 0 radical (unpaired) electrons. The number of carbonyl (C=O) groups excluding carboxylic acids is 1. The van der Waals surface area contributed by atoms with Crippen molar-refractivity contribution in [2.75, 3.05) is 39.9 Å². The lowest BCUT2D eigenvalue weighted by Gasteiger charge is -2.21. The van der Waals surface area contributed by atoms with Crippen molar-refractivity contribution >= 4 is 17.3 Å². The summed E-state index contributed by atoms with van der Waals surface area (Å²) in [4.78, 5) is 19.8. The van der Waals surface area contributed by atoms with Crippen LogP contribution in [0, 0.1) is 0 Å². The van der Waals surface area contributed by atoms with Gasteiger partial charge in [0.2, 0.25) is 6.23 Å². The number of hydrogen-bond donors (Lipinski definition) is 0. The fraction of sp³-hybridized carbons (Fsp3) is 0.607. The number of carbonyl (C=O) groups is 1.